The number of esters is 1. The van der Waals surface area contributed by atoms with E-state index in [1.807, 2.05) is 0 Å². The number of amides is 1. The molecule has 0 radical (unpaired) electrons. The van der Waals surface area contributed by atoms with Gasteiger partial charge in [0, 0.05) is 6.54 Å². The van der Waals surface area contributed by atoms with Gasteiger partial charge in [-0.05, 0) is 19.3 Å². The molecule has 0 aliphatic carbocycles. The second kappa shape index (κ2) is 3.36. The third-order valence-electron chi connectivity index (χ3n) is 2.66. The Morgan fingerprint density at radius 3 is 3.00 bits per heavy atom. The maximum atomic E-state index is 11.5. The molecule has 4 nitrogen and oxygen atoms in total. The smallest absolute Gasteiger partial charge is 0.328 e. The number of hydrogen-bond acceptors (Lipinski definition) is 3. The third-order valence-corrected chi connectivity index (χ3v) is 2.66. The Hall–Kier alpha value is -1.06. The molecule has 13 heavy (non-hydrogen) atoms. The van der Waals surface area contributed by atoms with E-state index in [4.69, 9.17) is 4.74 Å². The van der Waals surface area contributed by atoms with E-state index in [1.165, 1.54) is 0 Å². The standard InChI is InChI=1S/C9H13NO3/c11-8-4-6-13-9(12)7-3-1-2-5-10(7)8/h7H,1-6H2. The zero-order chi connectivity index (χ0) is 9.26. The topological polar surface area (TPSA) is 46.6 Å². The van der Waals surface area contributed by atoms with Crippen LogP contribution in [0.3, 0.4) is 0 Å². The highest BCUT2D eigenvalue weighted by molar-refractivity contribution is 5.86. The lowest BCUT2D eigenvalue weighted by Gasteiger charge is -2.31. The highest BCUT2D eigenvalue weighted by atomic mass is 16.5. The molecule has 4 heteroatoms. The summed E-state index contributed by atoms with van der Waals surface area (Å²) in [5.41, 5.74) is 0. The fourth-order valence-electron chi connectivity index (χ4n) is 1.95. The van der Waals surface area contributed by atoms with Crippen LogP contribution in [0.1, 0.15) is 25.7 Å². The van der Waals surface area contributed by atoms with Crippen LogP contribution in [0, 0.1) is 0 Å². The first kappa shape index (κ1) is 8.53. The minimum atomic E-state index is -0.288. The maximum absolute atomic E-state index is 11.5. The highest BCUT2D eigenvalue weighted by Crippen LogP contribution is 2.21. The fourth-order valence-corrected chi connectivity index (χ4v) is 1.95. The summed E-state index contributed by atoms with van der Waals surface area (Å²) in [6, 6.07) is -0.288. The van der Waals surface area contributed by atoms with Gasteiger partial charge in [-0.2, -0.15) is 0 Å². The van der Waals surface area contributed by atoms with Gasteiger partial charge < -0.3 is 9.64 Å². The van der Waals surface area contributed by atoms with Gasteiger partial charge in [0.1, 0.15) is 12.6 Å². The van der Waals surface area contributed by atoms with Crippen molar-refractivity contribution in [1.82, 2.24) is 4.90 Å². The summed E-state index contributed by atoms with van der Waals surface area (Å²) in [7, 11) is 0. The van der Waals surface area contributed by atoms with Crippen LogP contribution in [-0.4, -0.2) is 36.0 Å². The number of piperidine rings is 1. The van der Waals surface area contributed by atoms with Crippen molar-refractivity contribution in [2.24, 2.45) is 0 Å². The molecule has 0 aromatic rings. The first-order valence-corrected chi connectivity index (χ1v) is 4.75. The molecule has 2 saturated heterocycles. The molecule has 0 spiro atoms. The van der Waals surface area contributed by atoms with Crippen LogP contribution >= 0.6 is 0 Å². The predicted octanol–water partition coefficient (Wildman–Crippen LogP) is 0.314. The van der Waals surface area contributed by atoms with Gasteiger partial charge in [0.25, 0.3) is 0 Å². The van der Waals surface area contributed by atoms with E-state index in [-0.39, 0.29) is 24.5 Å². The minimum absolute atomic E-state index is 0.0653. The van der Waals surface area contributed by atoms with Gasteiger partial charge in [-0.1, -0.05) is 0 Å². The van der Waals surface area contributed by atoms with Crippen LogP contribution in [-0.2, 0) is 14.3 Å². The number of cyclic esters (lactones) is 1. The molecule has 0 bridgehead atoms. The molecule has 2 fully saturated rings. The van der Waals surface area contributed by atoms with E-state index < -0.39 is 0 Å². The maximum Gasteiger partial charge on any atom is 0.328 e. The Morgan fingerprint density at radius 1 is 1.31 bits per heavy atom. The van der Waals surface area contributed by atoms with Gasteiger partial charge in [0.05, 0.1) is 6.42 Å². The summed E-state index contributed by atoms with van der Waals surface area (Å²) in [4.78, 5) is 24.5. The monoisotopic (exact) mass is 183 g/mol. The zero-order valence-electron chi connectivity index (χ0n) is 7.49. The summed E-state index contributed by atoms with van der Waals surface area (Å²) in [5, 5.41) is 0. The normalized spacial score (nSPS) is 29.2. The fraction of sp³-hybridized carbons (Fsp3) is 0.778. The molecular formula is C9H13NO3. The Labute approximate surface area is 76.8 Å². The number of hydrogen-bond donors (Lipinski definition) is 0. The van der Waals surface area contributed by atoms with E-state index in [1.54, 1.807) is 4.90 Å². The van der Waals surface area contributed by atoms with Gasteiger partial charge in [0.2, 0.25) is 5.91 Å². The van der Waals surface area contributed by atoms with Crippen molar-refractivity contribution in [3.63, 3.8) is 0 Å². The van der Waals surface area contributed by atoms with Crippen molar-refractivity contribution in [2.45, 2.75) is 31.7 Å². The van der Waals surface area contributed by atoms with Crippen LogP contribution in [0.25, 0.3) is 0 Å². The molecule has 72 valence electrons. The van der Waals surface area contributed by atoms with Crippen LogP contribution in [0.2, 0.25) is 0 Å². The number of nitrogens with zero attached hydrogens (tertiary/aromatic N) is 1. The molecule has 0 aromatic carbocycles. The van der Waals surface area contributed by atoms with Gasteiger partial charge in [0.15, 0.2) is 0 Å². The first-order chi connectivity index (χ1) is 6.29. The molecule has 0 aromatic heterocycles. The van der Waals surface area contributed by atoms with Gasteiger partial charge >= 0.3 is 5.97 Å². The second-order valence-corrected chi connectivity index (χ2v) is 3.52. The van der Waals surface area contributed by atoms with Gasteiger partial charge in [-0.25, -0.2) is 4.79 Å². The van der Waals surface area contributed by atoms with E-state index in [0.29, 0.717) is 6.42 Å². The molecule has 2 aliphatic heterocycles. The second-order valence-electron chi connectivity index (χ2n) is 3.52. The lowest BCUT2D eigenvalue weighted by atomic mass is 10.0. The van der Waals surface area contributed by atoms with Crippen LogP contribution in [0.15, 0.2) is 0 Å². The Kier molecular flexibility index (Phi) is 2.20. The summed E-state index contributed by atoms with van der Waals surface area (Å²) in [6.07, 6.45) is 3.14. The summed E-state index contributed by atoms with van der Waals surface area (Å²) >= 11 is 0. The third kappa shape index (κ3) is 1.53. The van der Waals surface area contributed by atoms with Crippen molar-refractivity contribution < 1.29 is 14.3 Å². The lowest BCUT2D eigenvalue weighted by molar-refractivity contribution is -0.151. The molecule has 2 rings (SSSR count). The molecule has 2 heterocycles. The molecule has 0 saturated carbocycles. The molecule has 1 amide bonds. The van der Waals surface area contributed by atoms with Crippen LogP contribution in [0.5, 0.6) is 0 Å². The quantitative estimate of drug-likeness (QED) is 0.508. The van der Waals surface area contributed by atoms with Crippen LogP contribution in [0.4, 0.5) is 0 Å². The van der Waals surface area contributed by atoms with Gasteiger partial charge in [-0.3, -0.25) is 4.79 Å². The molecule has 1 unspecified atom stereocenters. The minimum Gasteiger partial charge on any atom is -0.464 e. The van der Waals surface area contributed by atoms with E-state index in [9.17, 15) is 9.59 Å². The molecule has 0 N–H and O–H groups in total. The Balaban J connectivity index is 2.18. The van der Waals surface area contributed by atoms with Crippen molar-refractivity contribution >= 4 is 11.9 Å². The summed E-state index contributed by atoms with van der Waals surface area (Å²) in [6.45, 7) is 0.975. The van der Waals surface area contributed by atoms with E-state index in [0.717, 1.165) is 25.8 Å². The molecule has 2 aliphatic rings. The Bertz CT molecular complexity index is 215. The predicted molar refractivity (Wildman–Crippen MR) is 44.9 cm³/mol. The number of carbonyl (C=O) groups is 2. The summed E-state index contributed by atoms with van der Waals surface area (Å²) in [5.74, 6) is -0.152. The number of fused-ring (bicyclic) bond motifs is 1. The number of rotatable bonds is 0. The zero-order valence-corrected chi connectivity index (χ0v) is 7.49. The van der Waals surface area contributed by atoms with Crippen molar-refractivity contribution in [1.29, 1.82) is 0 Å². The molecular weight excluding hydrogens is 170 g/mol. The average molecular weight is 183 g/mol. The largest absolute Gasteiger partial charge is 0.464 e. The van der Waals surface area contributed by atoms with Crippen LogP contribution < -0.4 is 0 Å². The highest BCUT2D eigenvalue weighted by Gasteiger charge is 2.35. The average Bonchev–Trinajstić information content (AvgIpc) is 2.29. The molecule has 1 atom stereocenters. The van der Waals surface area contributed by atoms with E-state index >= 15 is 0 Å². The van der Waals surface area contributed by atoms with Crippen molar-refractivity contribution in [3.8, 4) is 0 Å². The van der Waals surface area contributed by atoms with Gasteiger partial charge in [-0.15, -0.1) is 0 Å². The van der Waals surface area contributed by atoms with Crippen molar-refractivity contribution in [3.05, 3.63) is 0 Å². The van der Waals surface area contributed by atoms with E-state index in [2.05, 4.69) is 0 Å². The number of ether oxygens (including phenoxy) is 1. The number of carbonyl (C=O) groups excluding carboxylic acids is 2. The summed E-state index contributed by atoms with van der Waals surface area (Å²) < 4.78 is 4.94. The lowest BCUT2D eigenvalue weighted by Crippen LogP contribution is -2.46. The first-order valence-electron chi connectivity index (χ1n) is 4.75. The SMILES string of the molecule is O=C1OCCC(=O)N2CCCCC12. The Morgan fingerprint density at radius 2 is 2.15 bits per heavy atom. The van der Waals surface area contributed by atoms with Crippen molar-refractivity contribution in [2.75, 3.05) is 13.2 Å².